The van der Waals surface area contributed by atoms with E-state index < -0.39 is 0 Å². The zero-order valence-corrected chi connectivity index (χ0v) is 9.12. The maximum atomic E-state index is 10.6. The van der Waals surface area contributed by atoms with Crippen molar-refractivity contribution in [3.63, 3.8) is 0 Å². The Morgan fingerprint density at radius 1 is 1.47 bits per heavy atom. The van der Waals surface area contributed by atoms with E-state index in [2.05, 4.69) is 16.9 Å². The Balaban J connectivity index is 2.48. The van der Waals surface area contributed by atoms with Crippen LogP contribution in [0.4, 0.5) is 0 Å². The molecule has 2 aromatic heterocycles. The molecular weight excluding hydrogens is 208 g/mol. The highest BCUT2D eigenvalue weighted by atomic mass is 32.1. The molecule has 4 heteroatoms. The van der Waals surface area contributed by atoms with E-state index in [1.54, 1.807) is 12.4 Å². The Morgan fingerprint density at radius 3 is 3.00 bits per heavy atom. The van der Waals surface area contributed by atoms with Gasteiger partial charge in [0.1, 0.15) is 10.7 Å². The summed E-state index contributed by atoms with van der Waals surface area (Å²) in [7, 11) is 0. The molecule has 0 unspecified atom stereocenters. The van der Waals surface area contributed by atoms with Gasteiger partial charge in [0.15, 0.2) is 6.29 Å². The molecule has 2 aromatic rings. The average Bonchev–Trinajstić information content (AvgIpc) is 2.77. The Kier molecular flexibility index (Phi) is 2.87. The van der Waals surface area contributed by atoms with Crippen LogP contribution in [-0.4, -0.2) is 16.3 Å². The SMILES string of the molecule is CCc1cccnc1-c1ncc(C=O)s1. The van der Waals surface area contributed by atoms with E-state index in [1.807, 2.05) is 12.1 Å². The minimum Gasteiger partial charge on any atom is -0.297 e. The number of nitrogens with zero attached hydrogens (tertiary/aromatic N) is 2. The highest BCUT2D eigenvalue weighted by molar-refractivity contribution is 7.16. The largest absolute Gasteiger partial charge is 0.297 e. The molecular formula is C11H10N2OS. The van der Waals surface area contributed by atoms with Crippen molar-refractivity contribution in [2.75, 3.05) is 0 Å². The maximum Gasteiger partial charge on any atom is 0.161 e. The number of rotatable bonds is 3. The van der Waals surface area contributed by atoms with Crippen LogP contribution in [0.3, 0.4) is 0 Å². The molecule has 0 spiro atoms. The molecule has 0 saturated heterocycles. The fraction of sp³-hybridized carbons (Fsp3) is 0.182. The summed E-state index contributed by atoms with van der Waals surface area (Å²) >= 11 is 1.37. The van der Waals surface area contributed by atoms with Gasteiger partial charge >= 0.3 is 0 Å². The normalized spacial score (nSPS) is 10.2. The topological polar surface area (TPSA) is 42.9 Å². The number of thiazole rings is 1. The number of aromatic nitrogens is 2. The second-order valence-electron chi connectivity index (χ2n) is 3.05. The van der Waals surface area contributed by atoms with Crippen LogP contribution in [0.2, 0.25) is 0 Å². The van der Waals surface area contributed by atoms with Crippen LogP contribution in [0.15, 0.2) is 24.5 Å². The number of carbonyl (C=O) groups is 1. The van der Waals surface area contributed by atoms with Crippen LogP contribution in [0.5, 0.6) is 0 Å². The first-order chi connectivity index (χ1) is 7.35. The van der Waals surface area contributed by atoms with E-state index in [9.17, 15) is 4.79 Å². The number of carbonyl (C=O) groups excluding carboxylic acids is 1. The third-order valence-corrected chi connectivity index (χ3v) is 3.04. The molecule has 0 aliphatic heterocycles. The van der Waals surface area contributed by atoms with Crippen LogP contribution in [0.1, 0.15) is 22.2 Å². The third-order valence-electron chi connectivity index (χ3n) is 2.11. The van der Waals surface area contributed by atoms with E-state index in [0.717, 1.165) is 29.0 Å². The van der Waals surface area contributed by atoms with Gasteiger partial charge in [-0.25, -0.2) is 4.98 Å². The lowest BCUT2D eigenvalue weighted by molar-refractivity contribution is 0.112. The van der Waals surface area contributed by atoms with Crippen molar-refractivity contribution in [2.24, 2.45) is 0 Å². The molecule has 0 amide bonds. The smallest absolute Gasteiger partial charge is 0.161 e. The fourth-order valence-electron chi connectivity index (χ4n) is 1.37. The summed E-state index contributed by atoms with van der Waals surface area (Å²) in [5.41, 5.74) is 2.04. The first kappa shape index (κ1) is 9.98. The van der Waals surface area contributed by atoms with Crippen molar-refractivity contribution in [3.05, 3.63) is 35.0 Å². The summed E-state index contributed by atoms with van der Waals surface area (Å²) < 4.78 is 0. The van der Waals surface area contributed by atoms with Gasteiger partial charge in [-0.05, 0) is 18.1 Å². The van der Waals surface area contributed by atoms with E-state index in [-0.39, 0.29) is 0 Å². The minimum absolute atomic E-state index is 0.637. The molecule has 15 heavy (non-hydrogen) atoms. The second-order valence-corrected chi connectivity index (χ2v) is 4.11. The Hall–Kier alpha value is -1.55. The van der Waals surface area contributed by atoms with Crippen molar-refractivity contribution in [1.82, 2.24) is 9.97 Å². The predicted octanol–water partition coefficient (Wildman–Crippen LogP) is 2.58. The van der Waals surface area contributed by atoms with Gasteiger partial charge in [0.05, 0.1) is 4.88 Å². The van der Waals surface area contributed by atoms with Crippen LogP contribution in [-0.2, 0) is 6.42 Å². The zero-order chi connectivity index (χ0) is 10.7. The summed E-state index contributed by atoms with van der Waals surface area (Å²) in [6.07, 6.45) is 5.06. The van der Waals surface area contributed by atoms with Crippen molar-refractivity contribution < 1.29 is 4.79 Å². The summed E-state index contributed by atoms with van der Waals surface area (Å²) in [4.78, 5) is 19.7. The summed E-state index contributed by atoms with van der Waals surface area (Å²) in [6.45, 7) is 2.08. The molecule has 0 N–H and O–H groups in total. The molecule has 0 bridgehead atoms. The molecule has 2 rings (SSSR count). The molecule has 0 aliphatic rings. The molecule has 0 atom stereocenters. The summed E-state index contributed by atoms with van der Waals surface area (Å²) in [5.74, 6) is 0. The molecule has 0 fully saturated rings. The highest BCUT2D eigenvalue weighted by Gasteiger charge is 2.08. The van der Waals surface area contributed by atoms with Gasteiger partial charge in [0, 0.05) is 12.4 Å². The van der Waals surface area contributed by atoms with Gasteiger partial charge in [-0.1, -0.05) is 13.0 Å². The highest BCUT2D eigenvalue weighted by Crippen LogP contribution is 2.25. The molecule has 0 aromatic carbocycles. The third kappa shape index (κ3) is 1.94. The molecule has 0 radical (unpaired) electrons. The van der Waals surface area contributed by atoms with Crippen LogP contribution in [0, 0.1) is 0 Å². The number of hydrogen-bond acceptors (Lipinski definition) is 4. The Bertz CT molecular complexity index is 479. The Labute approximate surface area is 91.8 Å². The second kappa shape index (κ2) is 4.31. The average molecular weight is 218 g/mol. The van der Waals surface area contributed by atoms with Crippen molar-refractivity contribution in [3.8, 4) is 10.7 Å². The monoisotopic (exact) mass is 218 g/mol. The van der Waals surface area contributed by atoms with Gasteiger partial charge in [-0.2, -0.15) is 0 Å². The van der Waals surface area contributed by atoms with Crippen LogP contribution >= 0.6 is 11.3 Å². The first-order valence-electron chi connectivity index (χ1n) is 4.70. The van der Waals surface area contributed by atoms with Crippen molar-refractivity contribution >= 4 is 17.6 Å². The van der Waals surface area contributed by atoms with E-state index in [0.29, 0.717) is 4.88 Å². The zero-order valence-electron chi connectivity index (χ0n) is 8.30. The quantitative estimate of drug-likeness (QED) is 0.744. The molecule has 3 nitrogen and oxygen atoms in total. The molecule has 0 saturated carbocycles. The number of aldehydes is 1. The number of aryl methyl sites for hydroxylation is 1. The Morgan fingerprint density at radius 2 is 2.33 bits per heavy atom. The maximum absolute atomic E-state index is 10.6. The van der Waals surface area contributed by atoms with Gasteiger partial charge in [0.25, 0.3) is 0 Å². The van der Waals surface area contributed by atoms with Crippen molar-refractivity contribution in [1.29, 1.82) is 0 Å². The lowest BCUT2D eigenvalue weighted by Crippen LogP contribution is -1.89. The standard InChI is InChI=1S/C11H10N2OS/c1-2-8-4-3-5-12-10(8)11-13-6-9(7-14)15-11/h3-7H,2H2,1H3. The summed E-state index contributed by atoms with van der Waals surface area (Å²) in [5, 5.41) is 0.814. The molecule has 0 aliphatic carbocycles. The van der Waals surface area contributed by atoms with Crippen molar-refractivity contribution in [2.45, 2.75) is 13.3 Å². The number of hydrogen-bond donors (Lipinski definition) is 0. The summed E-state index contributed by atoms with van der Waals surface area (Å²) in [6, 6.07) is 3.95. The van der Waals surface area contributed by atoms with E-state index in [1.165, 1.54) is 11.3 Å². The van der Waals surface area contributed by atoms with Gasteiger partial charge < -0.3 is 0 Å². The van der Waals surface area contributed by atoms with Crippen LogP contribution < -0.4 is 0 Å². The van der Waals surface area contributed by atoms with Crippen LogP contribution in [0.25, 0.3) is 10.7 Å². The van der Waals surface area contributed by atoms with Gasteiger partial charge in [-0.3, -0.25) is 9.78 Å². The fourth-order valence-corrected chi connectivity index (χ4v) is 2.13. The van der Waals surface area contributed by atoms with Gasteiger partial charge in [0.2, 0.25) is 0 Å². The minimum atomic E-state index is 0.637. The van der Waals surface area contributed by atoms with Gasteiger partial charge in [-0.15, -0.1) is 11.3 Å². The lowest BCUT2D eigenvalue weighted by atomic mass is 10.1. The number of pyridine rings is 1. The van der Waals surface area contributed by atoms with E-state index in [4.69, 9.17) is 0 Å². The predicted molar refractivity (Wildman–Crippen MR) is 60.1 cm³/mol. The lowest BCUT2D eigenvalue weighted by Gasteiger charge is -2.01. The molecule has 2 heterocycles. The molecule has 76 valence electrons. The van der Waals surface area contributed by atoms with E-state index >= 15 is 0 Å². The first-order valence-corrected chi connectivity index (χ1v) is 5.52.